The molecule has 0 aromatic heterocycles. The van der Waals surface area contributed by atoms with Crippen LogP contribution in [0.2, 0.25) is 0 Å². The third kappa shape index (κ3) is 3.72. The average Bonchev–Trinajstić information content (AvgIpc) is 3.00. The van der Waals surface area contributed by atoms with Gasteiger partial charge in [0.2, 0.25) is 11.8 Å². The number of carbonyl (C=O) groups excluding carboxylic acids is 2. The van der Waals surface area contributed by atoms with Gasteiger partial charge in [-0.25, -0.2) is 0 Å². The van der Waals surface area contributed by atoms with Crippen molar-refractivity contribution in [2.45, 2.75) is 20.3 Å². The van der Waals surface area contributed by atoms with Gasteiger partial charge in [-0.3, -0.25) is 9.59 Å². The summed E-state index contributed by atoms with van der Waals surface area (Å²) >= 11 is 0. The largest absolute Gasteiger partial charge is 0.378 e. The average molecular weight is 351 g/mol. The number of benzene rings is 2. The minimum Gasteiger partial charge on any atom is -0.378 e. The van der Waals surface area contributed by atoms with Gasteiger partial charge >= 0.3 is 0 Å². The Labute approximate surface area is 154 Å². The molecule has 1 atom stereocenters. The van der Waals surface area contributed by atoms with Crippen LogP contribution >= 0.6 is 0 Å². The third-order valence-corrected chi connectivity index (χ3v) is 4.95. The zero-order chi connectivity index (χ0) is 18.8. The van der Waals surface area contributed by atoms with Crippen LogP contribution in [0.15, 0.2) is 42.5 Å². The number of amides is 2. The van der Waals surface area contributed by atoms with E-state index in [0.29, 0.717) is 6.54 Å². The Bertz CT molecular complexity index is 828. The Balaban J connectivity index is 1.67. The predicted molar refractivity (Wildman–Crippen MR) is 106 cm³/mol. The first-order valence-electron chi connectivity index (χ1n) is 8.81. The lowest BCUT2D eigenvalue weighted by Crippen LogP contribution is -2.28. The molecule has 0 unspecified atom stereocenters. The SMILES string of the molecule is Cc1ccc(N2C[C@H](C(=O)Nc3ccc(N(C)C)cc3)CC2=O)cc1C. The molecule has 2 amide bonds. The molecule has 5 nitrogen and oxygen atoms in total. The second-order valence-corrected chi connectivity index (χ2v) is 7.10. The van der Waals surface area contributed by atoms with Gasteiger partial charge in [0.05, 0.1) is 5.92 Å². The highest BCUT2D eigenvalue weighted by atomic mass is 16.2. The summed E-state index contributed by atoms with van der Waals surface area (Å²) in [6.07, 6.45) is 0.245. The van der Waals surface area contributed by atoms with Crippen molar-refractivity contribution < 1.29 is 9.59 Å². The zero-order valence-corrected chi connectivity index (χ0v) is 15.7. The molecule has 1 aliphatic rings. The van der Waals surface area contributed by atoms with Crippen molar-refractivity contribution in [3.63, 3.8) is 0 Å². The van der Waals surface area contributed by atoms with E-state index in [4.69, 9.17) is 0 Å². The monoisotopic (exact) mass is 351 g/mol. The highest BCUT2D eigenvalue weighted by Gasteiger charge is 2.35. The van der Waals surface area contributed by atoms with Crippen LogP contribution in [-0.4, -0.2) is 32.5 Å². The fourth-order valence-electron chi connectivity index (χ4n) is 3.11. The van der Waals surface area contributed by atoms with Crippen molar-refractivity contribution in [2.75, 3.05) is 35.8 Å². The Morgan fingerprint density at radius 1 is 1.08 bits per heavy atom. The highest BCUT2D eigenvalue weighted by Crippen LogP contribution is 2.27. The molecule has 136 valence electrons. The molecule has 1 fully saturated rings. The van der Waals surface area contributed by atoms with Crippen LogP contribution in [0.3, 0.4) is 0 Å². The van der Waals surface area contributed by atoms with E-state index in [1.54, 1.807) is 4.90 Å². The number of anilines is 3. The minimum absolute atomic E-state index is 0.00337. The van der Waals surface area contributed by atoms with Crippen LogP contribution in [0.25, 0.3) is 0 Å². The van der Waals surface area contributed by atoms with E-state index in [1.165, 1.54) is 5.56 Å². The fraction of sp³-hybridized carbons (Fsp3) is 0.333. The predicted octanol–water partition coefficient (Wildman–Crippen LogP) is 3.36. The van der Waals surface area contributed by atoms with Crippen LogP contribution in [0.5, 0.6) is 0 Å². The molecule has 3 rings (SSSR count). The Morgan fingerprint density at radius 3 is 2.38 bits per heavy atom. The Morgan fingerprint density at radius 2 is 1.77 bits per heavy atom. The molecule has 0 saturated carbocycles. The van der Waals surface area contributed by atoms with Crippen LogP contribution in [0.4, 0.5) is 17.1 Å². The molecule has 0 aliphatic carbocycles. The molecule has 0 bridgehead atoms. The number of carbonyl (C=O) groups is 2. The lowest BCUT2D eigenvalue weighted by atomic mass is 10.1. The van der Waals surface area contributed by atoms with Crippen LogP contribution in [-0.2, 0) is 9.59 Å². The normalized spacial score (nSPS) is 16.7. The maximum Gasteiger partial charge on any atom is 0.229 e. The number of hydrogen-bond donors (Lipinski definition) is 1. The molecule has 0 spiro atoms. The van der Waals surface area contributed by atoms with Crippen LogP contribution in [0.1, 0.15) is 17.5 Å². The molecular formula is C21H25N3O2. The van der Waals surface area contributed by atoms with Gasteiger partial charge in [0.25, 0.3) is 0 Å². The van der Waals surface area contributed by atoms with Gasteiger partial charge in [0.15, 0.2) is 0 Å². The van der Waals surface area contributed by atoms with E-state index in [9.17, 15) is 9.59 Å². The van der Waals surface area contributed by atoms with E-state index in [2.05, 4.69) is 5.32 Å². The van der Waals surface area contributed by atoms with Crippen molar-refractivity contribution in [2.24, 2.45) is 5.92 Å². The van der Waals surface area contributed by atoms with Gasteiger partial charge in [-0.05, 0) is 61.4 Å². The smallest absolute Gasteiger partial charge is 0.229 e. The molecule has 2 aromatic rings. The summed E-state index contributed by atoms with van der Waals surface area (Å²) in [5.41, 5.74) is 5.02. The highest BCUT2D eigenvalue weighted by molar-refractivity contribution is 6.03. The van der Waals surface area contributed by atoms with Crippen molar-refractivity contribution in [3.05, 3.63) is 53.6 Å². The lowest BCUT2D eigenvalue weighted by Gasteiger charge is -2.18. The summed E-state index contributed by atoms with van der Waals surface area (Å²) in [5.74, 6) is -0.448. The van der Waals surface area contributed by atoms with Crippen molar-refractivity contribution in [1.82, 2.24) is 0 Å². The minimum atomic E-state index is -0.336. The summed E-state index contributed by atoms with van der Waals surface area (Å²) in [6.45, 7) is 4.49. The van der Waals surface area contributed by atoms with Crippen LogP contribution < -0.4 is 15.1 Å². The second-order valence-electron chi connectivity index (χ2n) is 7.10. The molecule has 1 N–H and O–H groups in total. The topological polar surface area (TPSA) is 52.7 Å². The molecule has 5 heteroatoms. The summed E-state index contributed by atoms with van der Waals surface area (Å²) in [4.78, 5) is 28.7. The summed E-state index contributed by atoms with van der Waals surface area (Å²) in [6, 6.07) is 13.6. The number of nitrogens with one attached hydrogen (secondary N) is 1. The van der Waals surface area contributed by atoms with Gasteiger partial charge in [-0.1, -0.05) is 6.07 Å². The summed E-state index contributed by atoms with van der Waals surface area (Å²) < 4.78 is 0. The Kier molecular flexibility index (Phi) is 4.98. The van der Waals surface area contributed by atoms with E-state index in [-0.39, 0.29) is 24.2 Å². The third-order valence-electron chi connectivity index (χ3n) is 4.95. The molecule has 1 aliphatic heterocycles. The van der Waals surface area contributed by atoms with E-state index >= 15 is 0 Å². The van der Waals surface area contributed by atoms with E-state index in [1.807, 2.05) is 75.3 Å². The van der Waals surface area contributed by atoms with Gasteiger partial charge in [-0.15, -0.1) is 0 Å². The first-order chi connectivity index (χ1) is 12.3. The molecule has 26 heavy (non-hydrogen) atoms. The van der Waals surface area contributed by atoms with Gasteiger partial charge in [0.1, 0.15) is 0 Å². The lowest BCUT2D eigenvalue weighted by molar-refractivity contribution is -0.122. The molecule has 1 saturated heterocycles. The van der Waals surface area contributed by atoms with Crippen molar-refractivity contribution >= 4 is 28.9 Å². The second kappa shape index (κ2) is 7.20. The van der Waals surface area contributed by atoms with Gasteiger partial charge in [-0.2, -0.15) is 0 Å². The molecular weight excluding hydrogens is 326 g/mol. The van der Waals surface area contributed by atoms with Crippen molar-refractivity contribution in [3.8, 4) is 0 Å². The van der Waals surface area contributed by atoms with Crippen molar-refractivity contribution in [1.29, 1.82) is 0 Å². The standard InChI is InChI=1S/C21H25N3O2/c1-14-5-8-19(11-15(14)2)24-13-16(12-20(24)25)21(26)22-17-6-9-18(10-7-17)23(3)4/h5-11,16H,12-13H2,1-4H3,(H,22,26)/t16-/m1/s1. The first kappa shape index (κ1) is 18.0. The maximum absolute atomic E-state index is 12.6. The quantitative estimate of drug-likeness (QED) is 0.919. The number of hydrogen-bond acceptors (Lipinski definition) is 3. The van der Waals surface area contributed by atoms with Gasteiger partial charge < -0.3 is 15.1 Å². The number of aryl methyl sites for hydroxylation is 2. The van der Waals surface area contributed by atoms with Gasteiger partial charge in [0, 0.05) is 44.1 Å². The fourth-order valence-corrected chi connectivity index (χ4v) is 3.11. The first-order valence-corrected chi connectivity index (χ1v) is 8.81. The van der Waals surface area contributed by atoms with E-state index in [0.717, 1.165) is 22.6 Å². The maximum atomic E-state index is 12.6. The summed E-state index contributed by atoms with van der Waals surface area (Å²) in [7, 11) is 3.94. The number of rotatable bonds is 4. The zero-order valence-electron chi connectivity index (χ0n) is 15.7. The molecule has 1 heterocycles. The van der Waals surface area contributed by atoms with E-state index < -0.39 is 0 Å². The van der Waals surface area contributed by atoms with Crippen LogP contribution in [0, 0.1) is 19.8 Å². The summed E-state index contributed by atoms with van der Waals surface area (Å²) in [5, 5.41) is 2.93. The molecule has 2 aromatic carbocycles. The Hall–Kier alpha value is -2.82. The number of nitrogens with zero attached hydrogens (tertiary/aromatic N) is 2. The molecule has 0 radical (unpaired) electrons.